The minimum Gasteiger partial charge on any atom is -0.383 e. The summed E-state index contributed by atoms with van der Waals surface area (Å²) in [6.07, 6.45) is 0. The van der Waals surface area contributed by atoms with Crippen LogP contribution in [0.3, 0.4) is 0 Å². The van der Waals surface area contributed by atoms with Gasteiger partial charge in [-0.3, -0.25) is 0 Å². The van der Waals surface area contributed by atoms with Gasteiger partial charge in [0.1, 0.15) is 0 Å². The number of ether oxygens (including phenoxy) is 1. The van der Waals surface area contributed by atoms with Crippen LogP contribution in [0.15, 0.2) is 23.1 Å². The number of halogens is 1. The molecule has 120 valence electrons. The normalized spacial score (nSPS) is 12.6. The third-order valence-electron chi connectivity index (χ3n) is 2.81. The molecule has 0 heterocycles. The number of hydrogen-bond donors (Lipinski definition) is 2. The Kier molecular flexibility index (Phi) is 6.62. The van der Waals surface area contributed by atoms with Gasteiger partial charge in [-0.1, -0.05) is 18.5 Å². The van der Waals surface area contributed by atoms with Crippen LogP contribution < -0.4 is 10.0 Å². The van der Waals surface area contributed by atoms with Crippen molar-refractivity contribution in [1.82, 2.24) is 10.0 Å². The Morgan fingerprint density at radius 1 is 1.33 bits per heavy atom. The summed E-state index contributed by atoms with van der Waals surface area (Å²) in [7, 11) is -2.09. The highest BCUT2D eigenvalue weighted by Crippen LogP contribution is 2.21. The lowest BCUT2D eigenvalue weighted by atomic mass is 10.1. The summed E-state index contributed by atoms with van der Waals surface area (Å²) in [5, 5.41) is 3.68. The average Bonchev–Trinajstić information content (AvgIpc) is 2.36. The lowest BCUT2D eigenvalue weighted by molar-refractivity contribution is 0.141. The minimum absolute atomic E-state index is 0.198. The van der Waals surface area contributed by atoms with Gasteiger partial charge in [0.05, 0.1) is 17.0 Å². The molecule has 0 aliphatic rings. The zero-order valence-electron chi connectivity index (χ0n) is 12.9. The van der Waals surface area contributed by atoms with Crippen LogP contribution in [0.2, 0.25) is 5.02 Å². The smallest absolute Gasteiger partial charge is 0.241 e. The fourth-order valence-electron chi connectivity index (χ4n) is 1.93. The largest absolute Gasteiger partial charge is 0.383 e. The maximum Gasteiger partial charge on any atom is 0.241 e. The van der Waals surface area contributed by atoms with Crippen LogP contribution in [0, 0.1) is 0 Å². The Labute approximate surface area is 132 Å². The number of benzene rings is 1. The molecule has 1 rings (SSSR count). The van der Waals surface area contributed by atoms with E-state index in [0.717, 1.165) is 12.1 Å². The molecule has 5 nitrogen and oxygen atoms in total. The summed E-state index contributed by atoms with van der Waals surface area (Å²) in [6.45, 7) is 7.10. The zero-order chi connectivity index (χ0) is 16.1. The van der Waals surface area contributed by atoms with Crippen molar-refractivity contribution >= 4 is 21.6 Å². The second kappa shape index (κ2) is 7.56. The third kappa shape index (κ3) is 5.56. The van der Waals surface area contributed by atoms with E-state index in [2.05, 4.69) is 10.0 Å². The lowest BCUT2D eigenvalue weighted by Gasteiger charge is -2.25. The number of nitrogens with one attached hydrogen (secondary N) is 2. The molecule has 0 fully saturated rings. The van der Waals surface area contributed by atoms with Gasteiger partial charge in [0.25, 0.3) is 0 Å². The lowest BCUT2D eigenvalue weighted by Crippen LogP contribution is -2.46. The van der Waals surface area contributed by atoms with Crippen LogP contribution in [-0.2, 0) is 21.3 Å². The molecule has 0 aliphatic carbocycles. The number of hydrogen-bond acceptors (Lipinski definition) is 4. The first-order valence-corrected chi connectivity index (χ1v) is 8.60. The van der Waals surface area contributed by atoms with Crippen LogP contribution in [-0.4, -0.2) is 34.2 Å². The van der Waals surface area contributed by atoms with Crippen molar-refractivity contribution in [3.05, 3.63) is 28.8 Å². The van der Waals surface area contributed by atoms with Crippen LogP contribution >= 0.6 is 11.6 Å². The maximum absolute atomic E-state index is 12.4. The van der Waals surface area contributed by atoms with Crippen molar-refractivity contribution in [1.29, 1.82) is 0 Å². The van der Waals surface area contributed by atoms with Gasteiger partial charge in [-0.15, -0.1) is 0 Å². The molecule has 0 radical (unpaired) electrons. The molecule has 0 bridgehead atoms. The first-order valence-electron chi connectivity index (χ1n) is 6.74. The summed E-state index contributed by atoms with van der Waals surface area (Å²) in [5.74, 6) is 0. The molecule has 1 aromatic carbocycles. The Morgan fingerprint density at radius 3 is 2.57 bits per heavy atom. The summed E-state index contributed by atoms with van der Waals surface area (Å²) < 4.78 is 32.5. The number of methoxy groups -OCH3 is 1. The molecule has 0 saturated carbocycles. The van der Waals surface area contributed by atoms with Crippen molar-refractivity contribution in [2.24, 2.45) is 0 Å². The highest BCUT2D eigenvalue weighted by atomic mass is 35.5. The van der Waals surface area contributed by atoms with Crippen molar-refractivity contribution in [2.45, 2.75) is 37.8 Å². The molecule has 1 aromatic rings. The van der Waals surface area contributed by atoms with Gasteiger partial charge in [0.2, 0.25) is 10.0 Å². The standard InChI is InChI=1S/C14H23ClN2O3S/c1-5-16-9-11-8-12(6-7-13(11)15)21(18,19)17-14(2,3)10-20-4/h6-8,16-17H,5,9-10H2,1-4H3. The molecule has 0 aliphatic heterocycles. The monoisotopic (exact) mass is 334 g/mol. The fraction of sp³-hybridized carbons (Fsp3) is 0.571. The van der Waals surface area contributed by atoms with Crippen molar-refractivity contribution in [2.75, 3.05) is 20.3 Å². The third-order valence-corrected chi connectivity index (χ3v) is 4.87. The van der Waals surface area contributed by atoms with Gasteiger partial charge in [-0.2, -0.15) is 0 Å². The van der Waals surface area contributed by atoms with Crippen LogP contribution in [0.4, 0.5) is 0 Å². The molecular weight excluding hydrogens is 312 g/mol. The predicted molar refractivity (Wildman–Crippen MR) is 85.1 cm³/mol. The summed E-state index contributed by atoms with van der Waals surface area (Å²) in [5.41, 5.74) is 0.0700. The van der Waals surface area contributed by atoms with Gasteiger partial charge in [0, 0.05) is 18.7 Å². The van der Waals surface area contributed by atoms with E-state index in [-0.39, 0.29) is 11.5 Å². The minimum atomic E-state index is -3.62. The van der Waals surface area contributed by atoms with Crippen LogP contribution in [0.5, 0.6) is 0 Å². The Bertz CT molecular complexity index is 574. The second-order valence-electron chi connectivity index (χ2n) is 5.46. The van der Waals surface area contributed by atoms with Crippen molar-refractivity contribution in [3.63, 3.8) is 0 Å². The van der Waals surface area contributed by atoms with E-state index in [4.69, 9.17) is 16.3 Å². The van der Waals surface area contributed by atoms with Gasteiger partial charge in [-0.25, -0.2) is 13.1 Å². The van der Waals surface area contributed by atoms with Gasteiger partial charge in [-0.05, 0) is 44.2 Å². The molecule has 0 aromatic heterocycles. The van der Waals surface area contributed by atoms with Crippen molar-refractivity contribution < 1.29 is 13.2 Å². The fourth-order valence-corrected chi connectivity index (χ4v) is 3.56. The van der Waals surface area contributed by atoms with Crippen molar-refractivity contribution in [3.8, 4) is 0 Å². The summed E-state index contributed by atoms with van der Waals surface area (Å²) in [4.78, 5) is 0.198. The van der Waals surface area contributed by atoms with E-state index >= 15 is 0 Å². The summed E-state index contributed by atoms with van der Waals surface area (Å²) in [6, 6.07) is 4.70. The Morgan fingerprint density at radius 2 is 2.00 bits per heavy atom. The van der Waals surface area contributed by atoms with E-state index in [9.17, 15) is 8.42 Å². The van der Waals surface area contributed by atoms with E-state index in [1.807, 2.05) is 6.92 Å². The average molecular weight is 335 g/mol. The quantitative estimate of drug-likeness (QED) is 0.764. The van der Waals surface area contributed by atoms with Gasteiger partial charge >= 0.3 is 0 Å². The van der Waals surface area contributed by atoms with E-state index in [1.54, 1.807) is 26.0 Å². The summed E-state index contributed by atoms with van der Waals surface area (Å²) >= 11 is 6.09. The highest BCUT2D eigenvalue weighted by molar-refractivity contribution is 7.89. The number of sulfonamides is 1. The van der Waals surface area contributed by atoms with Gasteiger partial charge in [0.15, 0.2) is 0 Å². The Hall–Kier alpha value is -0.660. The van der Waals surface area contributed by atoms with E-state index in [1.165, 1.54) is 13.2 Å². The molecule has 0 unspecified atom stereocenters. The Balaban J connectivity index is 3.03. The molecule has 0 spiro atoms. The number of rotatable bonds is 8. The molecule has 21 heavy (non-hydrogen) atoms. The molecular formula is C14H23ClN2O3S. The second-order valence-corrected chi connectivity index (χ2v) is 7.55. The highest BCUT2D eigenvalue weighted by Gasteiger charge is 2.26. The molecule has 0 saturated heterocycles. The maximum atomic E-state index is 12.4. The predicted octanol–water partition coefficient (Wildman–Crippen LogP) is 2.15. The molecule has 0 amide bonds. The van der Waals surface area contributed by atoms with Crippen LogP contribution in [0.25, 0.3) is 0 Å². The molecule has 2 N–H and O–H groups in total. The zero-order valence-corrected chi connectivity index (χ0v) is 14.4. The van der Waals surface area contributed by atoms with Crippen LogP contribution in [0.1, 0.15) is 26.3 Å². The molecule has 7 heteroatoms. The first kappa shape index (κ1) is 18.4. The first-order chi connectivity index (χ1) is 9.72. The van der Waals surface area contributed by atoms with E-state index in [0.29, 0.717) is 11.6 Å². The van der Waals surface area contributed by atoms with Gasteiger partial charge < -0.3 is 10.1 Å². The SMILES string of the molecule is CCNCc1cc(S(=O)(=O)NC(C)(C)COC)ccc1Cl. The van der Waals surface area contributed by atoms with E-state index < -0.39 is 15.6 Å². The molecule has 0 atom stereocenters. The topological polar surface area (TPSA) is 67.4 Å².